The molecule has 0 aliphatic rings. The standard InChI is InChI=1S/C24H27N3O4/c1-6-27(15-23(28)26(2)3)24(29)18-14-20(25-19-10-8-7-9-17(18)19)16-11-12-21(30-4)22(13-16)31-5/h7-14H,6,15H2,1-5H3. The van der Waals surface area contributed by atoms with Gasteiger partial charge in [-0.1, -0.05) is 18.2 Å². The van der Waals surface area contributed by atoms with Gasteiger partial charge in [-0.3, -0.25) is 9.59 Å². The van der Waals surface area contributed by atoms with Gasteiger partial charge in [0.1, 0.15) is 0 Å². The molecule has 0 saturated heterocycles. The monoisotopic (exact) mass is 421 g/mol. The van der Waals surface area contributed by atoms with Crippen molar-refractivity contribution in [3.05, 3.63) is 54.1 Å². The molecule has 0 aliphatic carbocycles. The highest BCUT2D eigenvalue weighted by molar-refractivity contribution is 6.08. The van der Waals surface area contributed by atoms with Gasteiger partial charge in [-0.25, -0.2) is 4.98 Å². The van der Waals surface area contributed by atoms with Gasteiger partial charge in [-0.15, -0.1) is 0 Å². The molecule has 0 N–H and O–H groups in total. The summed E-state index contributed by atoms with van der Waals surface area (Å²) in [7, 11) is 6.51. The predicted molar refractivity (Wildman–Crippen MR) is 121 cm³/mol. The molecule has 0 bridgehead atoms. The molecular weight excluding hydrogens is 394 g/mol. The van der Waals surface area contributed by atoms with Crippen LogP contribution in [0.5, 0.6) is 11.5 Å². The topological polar surface area (TPSA) is 72.0 Å². The molecule has 2 amide bonds. The Bertz CT molecular complexity index is 1110. The van der Waals surface area contributed by atoms with Crippen molar-refractivity contribution >= 4 is 22.7 Å². The van der Waals surface area contributed by atoms with Gasteiger partial charge in [0.25, 0.3) is 5.91 Å². The summed E-state index contributed by atoms with van der Waals surface area (Å²) in [6, 6.07) is 14.8. The van der Waals surface area contributed by atoms with Crippen molar-refractivity contribution < 1.29 is 19.1 Å². The molecule has 0 spiro atoms. The molecule has 3 rings (SSSR count). The number of amides is 2. The Balaban J connectivity index is 2.11. The van der Waals surface area contributed by atoms with Crippen molar-refractivity contribution in [2.45, 2.75) is 6.92 Å². The first-order valence-electron chi connectivity index (χ1n) is 10.0. The van der Waals surface area contributed by atoms with E-state index in [1.165, 1.54) is 4.90 Å². The van der Waals surface area contributed by atoms with E-state index in [0.29, 0.717) is 34.8 Å². The van der Waals surface area contributed by atoms with Crippen molar-refractivity contribution in [3.8, 4) is 22.8 Å². The maximum absolute atomic E-state index is 13.4. The number of aromatic nitrogens is 1. The van der Waals surface area contributed by atoms with E-state index in [-0.39, 0.29) is 18.4 Å². The molecule has 162 valence electrons. The first kappa shape index (κ1) is 22.1. The van der Waals surface area contributed by atoms with Crippen LogP contribution in [0.25, 0.3) is 22.2 Å². The Kier molecular flexibility index (Phi) is 6.74. The average molecular weight is 421 g/mol. The van der Waals surface area contributed by atoms with Gasteiger partial charge in [0.15, 0.2) is 11.5 Å². The Hall–Kier alpha value is -3.61. The zero-order valence-electron chi connectivity index (χ0n) is 18.5. The molecular formula is C24H27N3O4. The molecule has 0 unspecified atom stereocenters. The highest BCUT2D eigenvalue weighted by Gasteiger charge is 2.22. The molecule has 0 saturated carbocycles. The number of pyridine rings is 1. The third-order valence-corrected chi connectivity index (χ3v) is 5.12. The summed E-state index contributed by atoms with van der Waals surface area (Å²) < 4.78 is 10.7. The number of hydrogen-bond acceptors (Lipinski definition) is 5. The fourth-order valence-electron chi connectivity index (χ4n) is 3.30. The van der Waals surface area contributed by atoms with Crippen LogP contribution in [0, 0.1) is 0 Å². The summed E-state index contributed by atoms with van der Waals surface area (Å²) in [5.74, 6) is 0.851. The molecule has 0 radical (unpaired) electrons. The van der Waals surface area contributed by atoms with Crippen LogP contribution < -0.4 is 9.47 Å². The summed E-state index contributed by atoms with van der Waals surface area (Å²) in [4.78, 5) is 33.4. The lowest BCUT2D eigenvalue weighted by molar-refractivity contribution is -0.129. The van der Waals surface area contributed by atoms with Gasteiger partial charge < -0.3 is 19.3 Å². The lowest BCUT2D eigenvalue weighted by Gasteiger charge is -2.23. The predicted octanol–water partition coefficient (Wildman–Crippen LogP) is 3.47. The van der Waals surface area contributed by atoms with Gasteiger partial charge in [0.05, 0.1) is 37.5 Å². The number of rotatable bonds is 7. The third kappa shape index (κ3) is 4.60. The third-order valence-electron chi connectivity index (χ3n) is 5.12. The lowest BCUT2D eigenvalue weighted by atomic mass is 10.0. The number of carbonyl (C=O) groups is 2. The summed E-state index contributed by atoms with van der Waals surface area (Å²) in [6.07, 6.45) is 0. The first-order chi connectivity index (χ1) is 14.9. The van der Waals surface area contributed by atoms with Crippen LogP contribution in [0.3, 0.4) is 0 Å². The molecule has 7 heteroatoms. The second kappa shape index (κ2) is 9.47. The number of ether oxygens (including phenoxy) is 2. The number of likely N-dealkylation sites (N-methyl/N-ethyl adjacent to an activating group) is 2. The van der Waals surface area contributed by atoms with E-state index in [4.69, 9.17) is 14.5 Å². The summed E-state index contributed by atoms with van der Waals surface area (Å²) in [6.45, 7) is 2.30. The quantitative estimate of drug-likeness (QED) is 0.584. The minimum absolute atomic E-state index is 0.0185. The van der Waals surface area contributed by atoms with Gasteiger partial charge >= 0.3 is 0 Å². The molecule has 1 heterocycles. The fraction of sp³-hybridized carbons (Fsp3) is 0.292. The SMILES string of the molecule is CCN(CC(=O)N(C)C)C(=O)c1cc(-c2ccc(OC)c(OC)c2)nc2ccccc12. The molecule has 0 fully saturated rings. The van der Waals surface area contributed by atoms with Crippen LogP contribution in [0.1, 0.15) is 17.3 Å². The Morgan fingerprint density at radius 1 is 0.968 bits per heavy atom. The highest BCUT2D eigenvalue weighted by atomic mass is 16.5. The van der Waals surface area contributed by atoms with Gasteiger partial charge in [-0.05, 0) is 37.3 Å². The second-order valence-electron chi connectivity index (χ2n) is 7.25. The number of hydrogen-bond donors (Lipinski definition) is 0. The van der Waals surface area contributed by atoms with Crippen molar-refractivity contribution in [1.29, 1.82) is 0 Å². The van der Waals surface area contributed by atoms with E-state index in [1.807, 2.05) is 43.3 Å². The smallest absolute Gasteiger partial charge is 0.255 e. The summed E-state index contributed by atoms with van der Waals surface area (Å²) in [5.41, 5.74) is 2.64. The van der Waals surface area contributed by atoms with Crippen molar-refractivity contribution in [2.24, 2.45) is 0 Å². The number of nitrogens with zero attached hydrogens (tertiary/aromatic N) is 3. The molecule has 3 aromatic rings. The lowest BCUT2D eigenvalue weighted by Crippen LogP contribution is -2.40. The molecule has 0 atom stereocenters. The van der Waals surface area contributed by atoms with Crippen LogP contribution >= 0.6 is 0 Å². The van der Waals surface area contributed by atoms with Crippen molar-refractivity contribution in [2.75, 3.05) is 41.4 Å². The number of methoxy groups -OCH3 is 2. The zero-order chi connectivity index (χ0) is 22.5. The zero-order valence-corrected chi connectivity index (χ0v) is 18.5. The average Bonchev–Trinajstić information content (AvgIpc) is 2.80. The minimum Gasteiger partial charge on any atom is -0.493 e. The van der Waals surface area contributed by atoms with E-state index >= 15 is 0 Å². The highest BCUT2D eigenvalue weighted by Crippen LogP contribution is 2.33. The van der Waals surface area contributed by atoms with Crippen LogP contribution in [0.4, 0.5) is 0 Å². The van der Waals surface area contributed by atoms with E-state index < -0.39 is 0 Å². The Morgan fingerprint density at radius 3 is 2.32 bits per heavy atom. The van der Waals surface area contributed by atoms with Crippen molar-refractivity contribution in [3.63, 3.8) is 0 Å². The van der Waals surface area contributed by atoms with Crippen LogP contribution in [0.2, 0.25) is 0 Å². The molecule has 31 heavy (non-hydrogen) atoms. The molecule has 0 aliphatic heterocycles. The molecule has 2 aromatic carbocycles. The van der Waals surface area contributed by atoms with Crippen molar-refractivity contribution in [1.82, 2.24) is 14.8 Å². The summed E-state index contributed by atoms with van der Waals surface area (Å²) in [5, 5.41) is 0.743. The van der Waals surface area contributed by atoms with E-state index in [2.05, 4.69) is 0 Å². The maximum atomic E-state index is 13.4. The minimum atomic E-state index is -0.210. The largest absolute Gasteiger partial charge is 0.493 e. The first-order valence-corrected chi connectivity index (χ1v) is 10.0. The molecule has 7 nitrogen and oxygen atoms in total. The number of fused-ring (bicyclic) bond motifs is 1. The Labute approximate surface area is 182 Å². The summed E-state index contributed by atoms with van der Waals surface area (Å²) >= 11 is 0. The van der Waals surface area contributed by atoms with Crippen LogP contribution in [0.15, 0.2) is 48.5 Å². The molecule has 1 aromatic heterocycles. The van der Waals surface area contributed by atoms with Gasteiger partial charge in [-0.2, -0.15) is 0 Å². The van der Waals surface area contributed by atoms with E-state index in [9.17, 15) is 9.59 Å². The normalized spacial score (nSPS) is 10.6. The fourth-order valence-corrected chi connectivity index (χ4v) is 3.30. The van der Waals surface area contributed by atoms with E-state index in [0.717, 1.165) is 10.9 Å². The second-order valence-corrected chi connectivity index (χ2v) is 7.25. The number of carbonyl (C=O) groups excluding carboxylic acids is 2. The Morgan fingerprint density at radius 2 is 1.68 bits per heavy atom. The van der Waals surface area contributed by atoms with Gasteiger partial charge in [0, 0.05) is 31.6 Å². The van der Waals surface area contributed by atoms with E-state index in [1.54, 1.807) is 45.3 Å². The van der Waals surface area contributed by atoms with Gasteiger partial charge in [0.2, 0.25) is 5.91 Å². The van der Waals surface area contributed by atoms with Crippen LogP contribution in [-0.2, 0) is 4.79 Å². The number of para-hydroxylation sites is 1. The number of benzene rings is 2. The maximum Gasteiger partial charge on any atom is 0.255 e. The van der Waals surface area contributed by atoms with Crippen LogP contribution in [-0.4, -0.2) is 68.0 Å².